The lowest BCUT2D eigenvalue weighted by atomic mass is 10.1. The highest BCUT2D eigenvalue weighted by atomic mass is 28.3. The van der Waals surface area contributed by atoms with Crippen molar-refractivity contribution in [1.29, 1.82) is 0 Å². The largest absolute Gasteiger partial charge is 0.420 e. The molecule has 0 amide bonds. The number of rotatable bonds is 4. The molecular weight excluding hydrogens is 204 g/mol. The number of aromatic nitrogens is 2. The highest BCUT2D eigenvalue weighted by molar-refractivity contribution is 6.48. The third kappa shape index (κ3) is 3.79. The molecule has 0 aromatic carbocycles. The molecule has 0 radical (unpaired) electrons. The molecule has 0 spiro atoms. The van der Waals surface area contributed by atoms with Gasteiger partial charge in [-0.25, -0.2) is 4.98 Å². The summed E-state index contributed by atoms with van der Waals surface area (Å²) >= 11 is 0. The highest BCUT2D eigenvalue weighted by Crippen LogP contribution is 2.16. The molecule has 4 heteroatoms. The first-order valence-electron chi connectivity index (χ1n) is 5.55. The van der Waals surface area contributed by atoms with Crippen molar-refractivity contribution in [1.82, 2.24) is 9.55 Å². The SMILES string of the molecule is C[SiH](C)OCCc1nccn1C(C)(C)C. The lowest BCUT2D eigenvalue weighted by Crippen LogP contribution is -2.24. The van der Waals surface area contributed by atoms with Gasteiger partial charge in [-0.2, -0.15) is 0 Å². The molecule has 0 saturated heterocycles. The smallest absolute Gasteiger partial charge is 0.170 e. The van der Waals surface area contributed by atoms with E-state index in [2.05, 4.69) is 43.4 Å². The first kappa shape index (κ1) is 12.5. The maximum absolute atomic E-state index is 5.67. The Morgan fingerprint density at radius 1 is 1.40 bits per heavy atom. The first-order chi connectivity index (χ1) is 6.91. The van der Waals surface area contributed by atoms with Crippen LogP contribution >= 0.6 is 0 Å². The zero-order valence-corrected chi connectivity index (χ0v) is 11.6. The van der Waals surface area contributed by atoms with Gasteiger partial charge >= 0.3 is 0 Å². The van der Waals surface area contributed by atoms with E-state index in [-0.39, 0.29) is 5.54 Å². The standard InChI is InChI=1S/C11H22N2OSi/c1-11(2,3)13-8-7-12-10(13)6-9-14-15(4)5/h7-8,15H,6,9H2,1-5H3. The second kappa shape index (κ2) is 4.94. The summed E-state index contributed by atoms with van der Waals surface area (Å²) < 4.78 is 7.89. The highest BCUT2D eigenvalue weighted by Gasteiger charge is 2.16. The Labute approximate surface area is 94.2 Å². The van der Waals surface area contributed by atoms with Crippen LogP contribution in [-0.2, 0) is 16.4 Å². The number of hydrogen-bond donors (Lipinski definition) is 0. The van der Waals surface area contributed by atoms with Gasteiger partial charge in [0.15, 0.2) is 9.04 Å². The summed E-state index contributed by atoms with van der Waals surface area (Å²) in [4.78, 5) is 4.38. The topological polar surface area (TPSA) is 27.1 Å². The van der Waals surface area contributed by atoms with Crippen LogP contribution in [0.1, 0.15) is 26.6 Å². The molecule has 0 atom stereocenters. The molecule has 0 aliphatic rings. The summed E-state index contributed by atoms with van der Waals surface area (Å²) in [5.41, 5.74) is 0.112. The van der Waals surface area contributed by atoms with Crippen molar-refractivity contribution < 1.29 is 4.43 Å². The zero-order valence-electron chi connectivity index (χ0n) is 10.4. The van der Waals surface area contributed by atoms with Crippen molar-refractivity contribution in [2.45, 2.75) is 45.8 Å². The van der Waals surface area contributed by atoms with E-state index < -0.39 is 9.04 Å². The molecular formula is C11H22N2OSi. The van der Waals surface area contributed by atoms with Gasteiger partial charge in [-0.1, -0.05) is 0 Å². The van der Waals surface area contributed by atoms with Gasteiger partial charge in [0.25, 0.3) is 0 Å². The lowest BCUT2D eigenvalue weighted by Gasteiger charge is -2.23. The van der Waals surface area contributed by atoms with Crippen LogP contribution in [0.25, 0.3) is 0 Å². The molecule has 0 bridgehead atoms. The van der Waals surface area contributed by atoms with Gasteiger partial charge in [0, 0.05) is 31.0 Å². The van der Waals surface area contributed by atoms with E-state index >= 15 is 0 Å². The fourth-order valence-electron chi connectivity index (χ4n) is 1.52. The average Bonchev–Trinajstić information content (AvgIpc) is 2.50. The molecule has 86 valence electrons. The molecule has 1 rings (SSSR count). The Kier molecular flexibility index (Phi) is 4.10. The van der Waals surface area contributed by atoms with Crippen molar-refractivity contribution >= 4 is 9.04 Å². The van der Waals surface area contributed by atoms with Crippen molar-refractivity contribution in [2.24, 2.45) is 0 Å². The van der Waals surface area contributed by atoms with Crippen molar-refractivity contribution in [2.75, 3.05) is 6.61 Å². The normalized spacial score (nSPS) is 12.4. The van der Waals surface area contributed by atoms with Crippen molar-refractivity contribution in [3.05, 3.63) is 18.2 Å². The Balaban J connectivity index is 2.58. The van der Waals surface area contributed by atoms with E-state index in [0.29, 0.717) is 0 Å². The zero-order chi connectivity index (χ0) is 11.5. The molecule has 1 heterocycles. The summed E-state index contributed by atoms with van der Waals surface area (Å²) in [6.45, 7) is 11.8. The predicted molar refractivity (Wildman–Crippen MR) is 65.8 cm³/mol. The second-order valence-corrected chi connectivity index (χ2v) is 7.48. The van der Waals surface area contributed by atoms with Gasteiger partial charge in [-0.15, -0.1) is 0 Å². The van der Waals surface area contributed by atoms with Gasteiger partial charge in [0.05, 0.1) is 0 Å². The third-order valence-corrected chi connectivity index (χ3v) is 3.12. The molecule has 15 heavy (non-hydrogen) atoms. The molecule has 1 aromatic rings. The molecule has 0 fully saturated rings. The minimum Gasteiger partial charge on any atom is -0.420 e. The average molecular weight is 226 g/mol. The molecule has 0 unspecified atom stereocenters. The monoisotopic (exact) mass is 226 g/mol. The Morgan fingerprint density at radius 2 is 2.07 bits per heavy atom. The number of hydrogen-bond acceptors (Lipinski definition) is 2. The van der Waals surface area contributed by atoms with Crippen LogP contribution in [0, 0.1) is 0 Å². The second-order valence-electron chi connectivity index (χ2n) is 5.05. The minimum absolute atomic E-state index is 0.112. The van der Waals surface area contributed by atoms with Crippen LogP contribution < -0.4 is 0 Å². The van der Waals surface area contributed by atoms with Crippen molar-refractivity contribution in [3.63, 3.8) is 0 Å². The van der Waals surface area contributed by atoms with E-state index in [9.17, 15) is 0 Å². The van der Waals surface area contributed by atoms with Gasteiger partial charge in [0.2, 0.25) is 0 Å². The van der Waals surface area contributed by atoms with Crippen molar-refractivity contribution in [3.8, 4) is 0 Å². The first-order valence-corrected chi connectivity index (χ1v) is 8.33. The summed E-state index contributed by atoms with van der Waals surface area (Å²) in [5, 5.41) is 0. The van der Waals surface area contributed by atoms with Crippen LogP contribution in [-0.4, -0.2) is 25.2 Å². The lowest BCUT2D eigenvalue weighted by molar-refractivity contribution is 0.314. The van der Waals surface area contributed by atoms with Gasteiger partial charge < -0.3 is 8.99 Å². The fourth-order valence-corrected chi connectivity index (χ4v) is 2.11. The number of imidazole rings is 1. The third-order valence-electron chi connectivity index (χ3n) is 2.22. The summed E-state index contributed by atoms with van der Waals surface area (Å²) in [7, 11) is -0.887. The Hall–Kier alpha value is -0.613. The van der Waals surface area contributed by atoms with E-state index in [1.165, 1.54) is 0 Å². The Bertz CT molecular complexity index is 302. The molecule has 0 aliphatic carbocycles. The Morgan fingerprint density at radius 3 is 2.60 bits per heavy atom. The maximum atomic E-state index is 5.67. The van der Waals surface area contributed by atoms with Crippen LogP contribution in [0.15, 0.2) is 12.4 Å². The molecule has 0 aliphatic heterocycles. The van der Waals surface area contributed by atoms with E-state index in [0.717, 1.165) is 18.9 Å². The minimum atomic E-state index is -0.887. The quantitative estimate of drug-likeness (QED) is 0.736. The summed E-state index contributed by atoms with van der Waals surface area (Å²) in [6.07, 6.45) is 4.82. The van der Waals surface area contributed by atoms with Gasteiger partial charge in [0.1, 0.15) is 5.82 Å². The van der Waals surface area contributed by atoms with Crippen LogP contribution in [0.2, 0.25) is 13.1 Å². The summed E-state index contributed by atoms with van der Waals surface area (Å²) in [6, 6.07) is 0. The van der Waals surface area contributed by atoms with Crippen LogP contribution in [0.5, 0.6) is 0 Å². The number of nitrogens with zero attached hydrogens (tertiary/aromatic N) is 2. The molecule has 1 aromatic heterocycles. The van der Waals surface area contributed by atoms with Gasteiger partial charge in [-0.3, -0.25) is 0 Å². The maximum Gasteiger partial charge on any atom is 0.170 e. The van der Waals surface area contributed by atoms with Crippen LogP contribution in [0.4, 0.5) is 0 Å². The van der Waals surface area contributed by atoms with Crippen LogP contribution in [0.3, 0.4) is 0 Å². The fraction of sp³-hybridized carbons (Fsp3) is 0.727. The van der Waals surface area contributed by atoms with E-state index in [1.807, 2.05) is 12.4 Å². The van der Waals surface area contributed by atoms with E-state index in [1.54, 1.807) is 0 Å². The summed E-state index contributed by atoms with van der Waals surface area (Å²) in [5.74, 6) is 1.12. The van der Waals surface area contributed by atoms with E-state index in [4.69, 9.17) is 4.43 Å². The predicted octanol–water partition coefficient (Wildman–Crippen LogP) is 2.18. The van der Waals surface area contributed by atoms with Gasteiger partial charge in [-0.05, 0) is 33.9 Å². The molecule has 0 N–H and O–H groups in total. The molecule has 0 saturated carbocycles. The molecule has 3 nitrogen and oxygen atoms in total.